The topological polar surface area (TPSA) is 29.5 Å². The first kappa shape index (κ1) is 5.15. The first-order valence-corrected chi connectivity index (χ1v) is 2.30. The zero-order chi connectivity index (χ0) is 6.15. The third-order valence-corrected chi connectivity index (χ3v) is 1.11. The van der Waals surface area contributed by atoms with E-state index in [4.69, 9.17) is 4.74 Å². The quantitative estimate of drug-likeness (QED) is 0.440. The first-order chi connectivity index (χ1) is 3.72. The number of ether oxygens (including phenoxy) is 1. The number of carbonyl (C=O) groups is 1. The summed E-state index contributed by atoms with van der Waals surface area (Å²) < 4.78 is 4.76. The number of hydrogen-bond donors (Lipinski definition) is 0. The van der Waals surface area contributed by atoms with Crippen molar-refractivity contribution in [1.82, 2.24) is 4.90 Å². The van der Waals surface area contributed by atoms with E-state index in [9.17, 15) is 4.79 Å². The van der Waals surface area contributed by atoms with Crippen LogP contribution >= 0.6 is 0 Å². The maximum Gasteiger partial charge on any atom is 0.267 e. The minimum Gasteiger partial charge on any atom is -0.469 e. The Hall–Kier alpha value is -0.990. The van der Waals surface area contributed by atoms with Gasteiger partial charge in [-0.1, -0.05) is 0 Å². The summed E-state index contributed by atoms with van der Waals surface area (Å²) in [5.74, 6) is 0.407. The molecule has 0 aromatic carbocycles. The molecule has 0 N–H and O–H groups in total. The molecule has 0 aromatic heterocycles. The molecule has 1 heterocycles. The van der Waals surface area contributed by atoms with Gasteiger partial charge in [-0.25, -0.2) is 0 Å². The van der Waals surface area contributed by atoms with Gasteiger partial charge in [0.1, 0.15) is 0 Å². The molecule has 0 aliphatic carbocycles. The van der Waals surface area contributed by atoms with E-state index in [1.54, 1.807) is 7.05 Å². The molecule has 1 aliphatic rings. The highest BCUT2D eigenvalue weighted by atomic mass is 16.5. The monoisotopic (exact) mass is 113 g/mol. The van der Waals surface area contributed by atoms with Crippen LogP contribution in [0.4, 0.5) is 0 Å². The lowest BCUT2D eigenvalue weighted by Gasteiger charge is -2.03. The van der Waals surface area contributed by atoms with Crippen LogP contribution in [0, 0.1) is 0 Å². The molecule has 0 atom stereocenters. The lowest BCUT2D eigenvalue weighted by Crippen LogP contribution is -2.17. The first-order valence-electron chi connectivity index (χ1n) is 2.30. The van der Waals surface area contributed by atoms with E-state index in [0.717, 1.165) is 0 Å². The Labute approximate surface area is 47.5 Å². The minimum atomic E-state index is -0.0324. The summed E-state index contributed by atoms with van der Waals surface area (Å²) in [4.78, 5) is 11.9. The van der Waals surface area contributed by atoms with Crippen LogP contribution in [0.15, 0.2) is 12.5 Å². The molecule has 3 heteroatoms. The highest BCUT2D eigenvalue weighted by Gasteiger charge is 2.20. The van der Waals surface area contributed by atoms with Gasteiger partial charge in [0.25, 0.3) is 5.91 Å². The van der Waals surface area contributed by atoms with Crippen LogP contribution in [-0.2, 0) is 9.53 Å². The predicted molar refractivity (Wildman–Crippen MR) is 27.9 cm³/mol. The molecule has 1 aliphatic heterocycles. The number of carbonyl (C=O) groups excluding carboxylic acids is 1. The second-order valence-electron chi connectivity index (χ2n) is 1.64. The Morgan fingerprint density at radius 3 is 2.62 bits per heavy atom. The Bertz CT molecular complexity index is 125. The molecule has 0 aromatic rings. The molecule has 44 valence electrons. The van der Waals surface area contributed by atoms with Crippen molar-refractivity contribution in [3.05, 3.63) is 12.5 Å². The van der Waals surface area contributed by atoms with Crippen LogP contribution in [0.1, 0.15) is 0 Å². The van der Waals surface area contributed by atoms with Gasteiger partial charge in [-0.3, -0.25) is 9.69 Å². The average Bonchev–Trinajstić information content (AvgIpc) is 1.98. The van der Waals surface area contributed by atoms with Crippen LogP contribution < -0.4 is 0 Å². The maximum atomic E-state index is 10.5. The summed E-state index contributed by atoms with van der Waals surface area (Å²) in [5, 5.41) is 0. The van der Waals surface area contributed by atoms with Crippen LogP contribution in [-0.4, -0.2) is 24.5 Å². The number of likely N-dealkylation sites (N-methyl/N-ethyl adjacent to an activating group) is 1. The minimum absolute atomic E-state index is 0.0324. The van der Waals surface area contributed by atoms with Crippen molar-refractivity contribution in [1.29, 1.82) is 0 Å². The van der Waals surface area contributed by atoms with E-state index in [-0.39, 0.29) is 12.5 Å². The molecule has 0 bridgehead atoms. The summed E-state index contributed by atoms with van der Waals surface area (Å²) in [6, 6.07) is 0. The van der Waals surface area contributed by atoms with Gasteiger partial charge in [0, 0.05) is 7.05 Å². The van der Waals surface area contributed by atoms with E-state index in [1.165, 1.54) is 4.90 Å². The van der Waals surface area contributed by atoms with E-state index in [2.05, 4.69) is 6.58 Å². The lowest BCUT2D eigenvalue weighted by atomic mass is 10.6. The third kappa shape index (κ3) is 0.559. The largest absolute Gasteiger partial charge is 0.469 e. The Morgan fingerprint density at radius 1 is 1.88 bits per heavy atom. The lowest BCUT2D eigenvalue weighted by molar-refractivity contribution is -0.125. The summed E-state index contributed by atoms with van der Waals surface area (Å²) in [5.41, 5.74) is 0. The van der Waals surface area contributed by atoms with Crippen molar-refractivity contribution >= 4 is 5.91 Å². The van der Waals surface area contributed by atoms with Crippen molar-refractivity contribution < 1.29 is 9.53 Å². The van der Waals surface area contributed by atoms with Gasteiger partial charge < -0.3 is 4.74 Å². The molecule has 0 radical (unpaired) electrons. The van der Waals surface area contributed by atoms with Crippen LogP contribution in [0.2, 0.25) is 0 Å². The summed E-state index contributed by atoms with van der Waals surface area (Å²) in [6.07, 6.45) is 0. The number of rotatable bonds is 0. The standard InChI is InChI=1S/C5H7NO2/c1-4-6(2)5(7)3-8-4/h1,3H2,2H3. The molecule has 1 saturated heterocycles. The van der Waals surface area contributed by atoms with Gasteiger partial charge >= 0.3 is 0 Å². The van der Waals surface area contributed by atoms with Crippen molar-refractivity contribution in [3.8, 4) is 0 Å². The fourth-order valence-electron chi connectivity index (χ4n) is 0.478. The van der Waals surface area contributed by atoms with Gasteiger partial charge in [0.05, 0.1) is 0 Å². The SMILES string of the molecule is C=C1OCC(=O)N1C. The maximum absolute atomic E-state index is 10.5. The molecule has 0 saturated carbocycles. The molecule has 0 spiro atoms. The predicted octanol–water partition coefficient (Wildman–Crippen LogP) is -0.0538. The smallest absolute Gasteiger partial charge is 0.267 e. The van der Waals surface area contributed by atoms with E-state index in [1.807, 2.05) is 0 Å². The molecule has 1 amide bonds. The van der Waals surface area contributed by atoms with Crippen molar-refractivity contribution in [2.45, 2.75) is 0 Å². The van der Waals surface area contributed by atoms with Crippen molar-refractivity contribution in [2.24, 2.45) is 0 Å². The van der Waals surface area contributed by atoms with Crippen LogP contribution in [0.25, 0.3) is 0 Å². The summed E-state index contributed by atoms with van der Waals surface area (Å²) >= 11 is 0. The molecule has 0 unspecified atom stereocenters. The number of amides is 1. The molecule has 8 heavy (non-hydrogen) atoms. The second-order valence-corrected chi connectivity index (χ2v) is 1.64. The normalized spacial score (nSPS) is 19.4. The Kier molecular flexibility index (Phi) is 0.970. The Morgan fingerprint density at radius 2 is 2.50 bits per heavy atom. The molecule has 3 nitrogen and oxygen atoms in total. The highest BCUT2D eigenvalue weighted by Crippen LogP contribution is 2.08. The molecular formula is C5H7NO2. The second kappa shape index (κ2) is 1.51. The molecule has 1 fully saturated rings. The van der Waals surface area contributed by atoms with Crippen molar-refractivity contribution in [2.75, 3.05) is 13.7 Å². The van der Waals surface area contributed by atoms with E-state index in [0.29, 0.717) is 5.88 Å². The number of nitrogens with zero attached hydrogens (tertiary/aromatic N) is 1. The van der Waals surface area contributed by atoms with Gasteiger partial charge in [-0.05, 0) is 6.58 Å². The van der Waals surface area contributed by atoms with Gasteiger partial charge in [0.15, 0.2) is 12.5 Å². The van der Waals surface area contributed by atoms with E-state index < -0.39 is 0 Å². The van der Waals surface area contributed by atoms with E-state index >= 15 is 0 Å². The zero-order valence-electron chi connectivity index (χ0n) is 4.68. The molecular weight excluding hydrogens is 106 g/mol. The van der Waals surface area contributed by atoms with Gasteiger partial charge in [-0.15, -0.1) is 0 Å². The Balaban J connectivity index is 2.70. The average molecular weight is 113 g/mol. The van der Waals surface area contributed by atoms with Crippen LogP contribution in [0.5, 0.6) is 0 Å². The van der Waals surface area contributed by atoms with Crippen LogP contribution in [0.3, 0.4) is 0 Å². The van der Waals surface area contributed by atoms with Crippen molar-refractivity contribution in [3.63, 3.8) is 0 Å². The highest BCUT2D eigenvalue weighted by molar-refractivity contribution is 5.80. The number of hydrogen-bond acceptors (Lipinski definition) is 2. The fourth-order valence-corrected chi connectivity index (χ4v) is 0.478. The summed E-state index contributed by atoms with van der Waals surface area (Å²) in [6.45, 7) is 3.62. The zero-order valence-corrected chi connectivity index (χ0v) is 4.68. The molecule has 1 rings (SSSR count). The van der Waals surface area contributed by atoms with Gasteiger partial charge in [0.2, 0.25) is 0 Å². The van der Waals surface area contributed by atoms with Gasteiger partial charge in [-0.2, -0.15) is 0 Å². The summed E-state index contributed by atoms with van der Waals surface area (Å²) in [7, 11) is 1.64. The third-order valence-electron chi connectivity index (χ3n) is 1.11. The fraction of sp³-hybridized carbons (Fsp3) is 0.400.